The van der Waals surface area contributed by atoms with Gasteiger partial charge >= 0.3 is 0 Å². The Labute approximate surface area is 135 Å². The molecular formula is C16H21N5S. The van der Waals surface area contributed by atoms with Gasteiger partial charge in [-0.3, -0.25) is 0 Å². The van der Waals surface area contributed by atoms with Crippen LogP contribution in [0.3, 0.4) is 0 Å². The van der Waals surface area contributed by atoms with Crippen molar-refractivity contribution in [2.75, 3.05) is 23.4 Å². The highest BCUT2D eigenvalue weighted by atomic mass is 32.1. The summed E-state index contributed by atoms with van der Waals surface area (Å²) in [5.74, 6) is 0.543. The van der Waals surface area contributed by atoms with Crippen molar-refractivity contribution in [2.24, 2.45) is 5.10 Å². The molecule has 22 heavy (non-hydrogen) atoms. The normalized spacial score (nSPS) is 15.5. The summed E-state index contributed by atoms with van der Waals surface area (Å²) in [4.78, 5) is 12.2. The van der Waals surface area contributed by atoms with Gasteiger partial charge in [0.2, 0.25) is 5.95 Å². The van der Waals surface area contributed by atoms with Crippen molar-refractivity contribution in [3.63, 3.8) is 0 Å². The Morgan fingerprint density at radius 1 is 1.14 bits per heavy atom. The van der Waals surface area contributed by atoms with Gasteiger partial charge in [0.25, 0.3) is 0 Å². The summed E-state index contributed by atoms with van der Waals surface area (Å²) in [6.45, 7) is 6.25. The number of rotatable bonds is 4. The van der Waals surface area contributed by atoms with Gasteiger partial charge in [0.15, 0.2) is 0 Å². The standard InChI is InChI=1S/C16H21N5S/c1-12-10-13(2)19-16(18-12)20-17-11-14-6-7-15(22-14)21-8-4-3-5-9-21/h6-7,10-11H,3-5,8-9H2,1-2H3,(H,18,19,20)/b17-11-. The topological polar surface area (TPSA) is 53.4 Å². The molecule has 0 saturated carbocycles. The molecule has 0 amide bonds. The molecule has 1 N–H and O–H groups in total. The Balaban J connectivity index is 1.61. The Bertz CT molecular complexity index is 638. The number of anilines is 2. The lowest BCUT2D eigenvalue weighted by Crippen LogP contribution is -2.28. The molecule has 1 aliphatic heterocycles. The number of nitrogens with zero attached hydrogens (tertiary/aromatic N) is 4. The molecule has 2 aromatic heterocycles. The largest absolute Gasteiger partial charge is 0.363 e. The van der Waals surface area contributed by atoms with Crippen LogP contribution in [0.2, 0.25) is 0 Å². The Hall–Kier alpha value is -1.95. The van der Waals surface area contributed by atoms with E-state index >= 15 is 0 Å². The number of hydrogen-bond acceptors (Lipinski definition) is 6. The van der Waals surface area contributed by atoms with E-state index in [1.54, 1.807) is 11.3 Å². The number of hydrazone groups is 1. The van der Waals surface area contributed by atoms with E-state index in [9.17, 15) is 0 Å². The van der Waals surface area contributed by atoms with Gasteiger partial charge in [-0.1, -0.05) is 0 Å². The van der Waals surface area contributed by atoms with Crippen LogP contribution >= 0.6 is 11.3 Å². The fraction of sp³-hybridized carbons (Fsp3) is 0.438. The van der Waals surface area contributed by atoms with Crippen molar-refractivity contribution < 1.29 is 0 Å². The van der Waals surface area contributed by atoms with Gasteiger partial charge in [-0.15, -0.1) is 11.3 Å². The van der Waals surface area contributed by atoms with Crippen LogP contribution in [0, 0.1) is 13.8 Å². The quantitative estimate of drug-likeness (QED) is 0.692. The first kappa shape index (κ1) is 15.0. The van der Waals surface area contributed by atoms with Crippen molar-refractivity contribution >= 4 is 28.5 Å². The smallest absolute Gasteiger partial charge is 0.243 e. The lowest BCUT2D eigenvalue weighted by Gasteiger charge is -2.27. The first-order chi connectivity index (χ1) is 10.7. The number of hydrogen-bond donors (Lipinski definition) is 1. The summed E-state index contributed by atoms with van der Waals surface area (Å²) < 4.78 is 0. The van der Waals surface area contributed by atoms with Gasteiger partial charge in [0.05, 0.1) is 11.2 Å². The summed E-state index contributed by atoms with van der Waals surface area (Å²) in [5.41, 5.74) is 4.78. The minimum absolute atomic E-state index is 0.543. The molecule has 0 atom stereocenters. The van der Waals surface area contributed by atoms with Crippen LogP contribution in [0.25, 0.3) is 0 Å². The van der Waals surface area contributed by atoms with E-state index in [0.717, 1.165) is 16.3 Å². The molecule has 1 saturated heterocycles. The van der Waals surface area contributed by atoms with E-state index in [1.165, 1.54) is 37.4 Å². The Morgan fingerprint density at radius 2 is 1.86 bits per heavy atom. The number of aryl methyl sites for hydroxylation is 2. The van der Waals surface area contributed by atoms with E-state index in [4.69, 9.17) is 0 Å². The van der Waals surface area contributed by atoms with Crippen molar-refractivity contribution in [2.45, 2.75) is 33.1 Å². The van der Waals surface area contributed by atoms with Crippen LogP contribution in [0.4, 0.5) is 10.9 Å². The average Bonchev–Trinajstić information content (AvgIpc) is 2.96. The molecule has 0 spiro atoms. The zero-order chi connectivity index (χ0) is 15.4. The molecule has 6 heteroatoms. The first-order valence-corrected chi connectivity index (χ1v) is 8.48. The summed E-state index contributed by atoms with van der Waals surface area (Å²) >= 11 is 1.78. The van der Waals surface area contributed by atoms with E-state index in [1.807, 2.05) is 26.1 Å². The number of nitrogens with one attached hydrogen (secondary N) is 1. The molecule has 1 fully saturated rings. The highest BCUT2D eigenvalue weighted by Crippen LogP contribution is 2.27. The third-order valence-corrected chi connectivity index (χ3v) is 4.70. The van der Waals surface area contributed by atoms with Gasteiger partial charge in [-0.25, -0.2) is 15.4 Å². The molecule has 0 radical (unpaired) electrons. The number of thiophene rings is 1. The molecule has 116 valence electrons. The maximum absolute atomic E-state index is 4.30. The van der Waals surface area contributed by atoms with Gasteiger partial charge in [-0.05, 0) is 51.3 Å². The molecular weight excluding hydrogens is 294 g/mol. The maximum Gasteiger partial charge on any atom is 0.243 e. The highest BCUT2D eigenvalue weighted by molar-refractivity contribution is 7.17. The zero-order valence-corrected chi connectivity index (χ0v) is 13.9. The van der Waals surface area contributed by atoms with E-state index in [-0.39, 0.29) is 0 Å². The third-order valence-electron chi connectivity index (χ3n) is 3.62. The second kappa shape index (κ2) is 6.87. The Kier molecular flexibility index (Phi) is 4.68. The molecule has 0 bridgehead atoms. The van der Waals surface area contributed by atoms with E-state index in [0.29, 0.717) is 5.95 Å². The molecule has 3 heterocycles. The second-order valence-corrected chi connectivity index (χ2v) is 6.66. The summed E-state index contributed by atoms with van der Waals surface area (Å²) in [5, 5.41) is 5.58. The predicted octanol–water partition coefficient (Wildman–Crippen LogP) is 3.59. The minimum atomic E-state index is 0.543. The number of piperidine rings is 1. The lowest BCUT2D eigenvalue weighted by atomic mass is 10.1. The highest BCUT2D eigenvalue weighted by Gasteiger charge is 2.12. The maximum atomic E-state index is 4.30. The molecule has 0 aromatic carbocycles. The van der Waals surface area contributed by atoms with Crippen molar-refractivity contribution in [3.8, 4) is 0 Å². The van der Waals surface area contributed by atoms with Crippen LogP contribution in [-0.2, 0) is 0 Å². The summed E-state index contributed by atoms with van der Waals surface area (Å²) in [6.07, 6.45) is 5.79. The van der Waals surface area contributed by atoms with Crippen LogP contribution in [0.15, 0.2) is 23.3 Å². The van der Waals surface area contributed by atoms with Crippen molar-refractivity contribution in [3.05, 3.63) is 34.5 Å². The average molecular weight is 315 g/mol. The molecule has 0 aliphatic carbocycles. The Morgan fingerprint density at radius 3 is 2.59 bits per heavy atom. The molecule has 1 aliphatic rings. The van der Waals surface area contributed by atoms with Crippen molar-refractivity contribution in [1.82, 2.24) is 9.97 Å². The zero-order valence-electron chi connectivity index (χ0n) is 13.0. The van der Waals surface area contributed by atoms with Crippen LogP contribution in [0.5, 0.6) is 0 Å². The molecule has 3 rings (SSSR count). The minimum Gasteiger partial charge on any atom is -0.363 e. The summed E-state index contributed by atoms with van der Waals surface area (Å²) in [6, 6.07) is 6.24. The third kappa shape index (κ3) is 3.82. The lowest BCUT2D eigenvalue weighted by molar-refractivity contribution is 0.580. The number of aromatic nitrogens is 2. The van der Waals surface area contributed by atoms with Crippen molar-refractivity contribution in [1.29, 1.82) is 0 Å². The van der Waals surface area contributed by atoms with Gasteiger partial charge in [-0.2, -0.15) is 5.10 Å². The second-order valence-electron chi connectivity index (χ2n) is 5.57. The summed E-state index contributed by atoms with van der Waals surface area (Å²) in [7, 11) is 0. The molecule has 2 aromatic rings. The van der Waals surface area contributed by atoms with E-state index in [2.05, 4.69) is 37.5 Å². The fourth-order valence-electron chi connectivity index (χ4n) is 2.63. The van der Waals surface area contributed by atoms with Gasteiger partial charge in [0.1, 0.15) is 0 Å². The SMILES string of the molecule is Cc1cc(C)nc(N/N=C\c2ccc(N3CCCCC3)s2)n1. The van der Waals surface area contributed by atoms with Crippen LogP contribution in [-0.4, -0.2) is 29.3 Å². The fourth-order valence-corrected chi connectivity index (χ4v) is 3.56. The molecule has 0 unspecified atom stereocenters. The molecule has 5 nitrogen and oxygen atoms in total. The van der Waals surface area contributed by atoms with Crippen LogP contribution in [0.1, 0.15) is 35.5 Å². The predicted molar refractivity (Wildman–Crippen MR) is 93.1 cm³/mol. The monoisotopic (exact) mass is 315 g/mol. The van der Waals surface area contributed by atoms with Gasteiger partial charge in [0, 0.05) is 29.4 Å². The van der Waals surface area contributed by atoms with Gasteiger partial charge < -0.3 is 4.90 Å². The first-order valence-electron chi connectivity index (χ1n) is 7.67. The van der Waals surface area contributed by atoms with Crippen LogP contribution < -0.4 is 10.3 Å². The van der Waals surface area contributed by atoms with E-state index < -0.39 is 0 Å².